The van der Waals surface area contributed by atoms with Gasteiger partial charge in [0.2, 0.25) is 0 Å². The quantitative estimate of drug-likeness (QED) is 0.258. The number of fused-ring (bicyclic) bond motifs is 1. The first-order chi connectivity index (χ1) is 25.6. The smallest absolute Gasteiger partial charge is 0.435 e. The van der Waals surface area contributed by atoms with Crippen molar-refractivity contribution in [3.63, 3.8) is 0 Å². The van der Waals surface area contributed by atoms with E-state index in [9.17, 15) is 46.2 Å². The van der Waals surface area contributed by atoms with Gasteiger partial charge in [-0.25, -0.2) is 23.4 Å². The van der Waals surface area contributed by atoms with Crippen molar-refractivity contribution in [1.29, 1.82) is 0 Å². The number of benzene rings is 1. The van der Waals surface area contributed by atoms with Gasteiger partial charge in [-0.15, -0.1) is 0 Å². The number of likely N-dealkylation sites (tertiary alicyclic amines) is 2. The Balaban J connectivity index is 0.916. The van der Waals surface area contributed by atoms with Gasteiger partial charge < -0.3 is 40.2 Å². The van der Waals surface area contributed by atoms with Gasteiger partial charge in [-0.2, -0.15) is 18.3 Å². The summed E-state index contributed by atoms with van der Waals surface area (Å²) in [7, 11) is 1.29. The number of urea groups is 1. The van der Waals surface area contributed by atoms with Gasteiger partial charge in [0.25, 0.3) is 17.7 Å². The van der Waals surface area contributed by atoms with Crippen LogP contribution < -0.4 is 16.0 Å². The molecule has 0 bridgehead atoms. The lowest BCUT2D eigenvalue weighted by Crippen LogP contribution is -2.50. The standard InChI is InChI=1S/C34H37ClF5N9O6/c1-32(2,3)55-31(54)48-13-21(23(50)14-48)43-30(53)47-10-17-18(11-47)25(17)44-28(51)16-6-5-15(7-20(16)35)42-29(52)27-41-9-22(46(27)4)19-12-49(24-8-33(24,36)37)45-26(19)34(38,39)40/h5-7,9,12,17-18,21,23-25,50H,8,10-11,13-14H2,1-4H3,(H,42,52)(H,43,53)(H,44,51)/t17-,18+,21-,23-,24+,25?/m0/s1. The summed E-state index contributed by atoms with van der Waals surface area (Å²) >= 11 is 6.41. The van der Waals surface area contributed by atoms with Gasteiger partial charge in [0.05, 0.1) is 46.7 Å². The molecule has 5 amide bonds. The Bertz CT molecular complexity index is 2050. The zero-order valence-corrected chi connectivity index (χ0v) is 30.6. The van der Waals surface area contributed by atoms with Gasteiger partial charge in [-0.05, 0) is 39.0 Å². The highest BCUT2D eigenvalue weighted by Crippen LogP contribution is 2.53. The molecule has 3 aromatic rings. The number of halogens is 6. The van der Waals surface area contributed by atoms with Crippen LogP contribution in [0.1, 0.15) is 59.9 Å². The summed E-state index contributed by atoms with van der Waals surface area (Å²) in [5, 5.41) is 22.1. The molecule has 2 aliphatic carbocycles. The molecular formula is C34H37ClF5N9O6. The number of aromatic nitrogens is 4. The van der Waals surface area contributed by atoms with E-state index < -0.39 is 77.5 Å². The number of nitrogens with zero attached hydrogens (tertiary/aromatic N) is 6. The van der Waals surface area contributed by atoms with Gasteiger partial charge in [-0.3, -0.25) is 14.3 Å². The minimum absolute atomic E-state index is 0.00215. The lowest BCUT2D eigenvalue weighted by molar-refractivity contribution is -0.141. The number of rotatable bonds is 7. The first-order valence-electron chi connectivity index (χ1n) is 17.3. The second-order valence-corrected chi connectivity index (χ2v) is 15.7. The number of anilines is 1. The minimum Gasteiger partial charge on any atom is -0.444 e. The van der Waals surface area contributed by atoms with Crippen molar-refractivity contribution in [3.8, 4) is 11.3 Å². The Morgan fingerprint density at radius 2 is 1.67 bits per heavy atom. The number of aliphatic hydroxyl groups is 1. The topological polar surface area (TPSA) is 176 Å². The van der Waals surface area contributed by atoms with Crippen LogP contribution in [0, 0.1) is 11.8 Å². The average Bonchev–Trinajstić information content (AvgIpc) is 3.52. The molecule has 2 aromatic heterocycles. The third-order valence-corrected chi connectivity index (χ3v) is 10.4. The van der Waals surface area contributed by atoms with E-state index in [1.54, 1.807) is 25.7 Å². The van der Waals surface area contributed by atoms with E-state index in [4.69, 9.17) is 16.3 Å². The van der Waals surface area contributed by atoms with E-state index in [2.05, 4.69) is 26.0 Å². The third kappa shape index (κ3) is 7.65. The maximum atomic E-state index is 13.8. The number of hydrogen-bond acceptors (Lipinski definition) is 8. The zero-order valence-electron chi connectivity index (χ0n) is 29.8. The Morgan fingerprint density at radius 3 is 2.27 bits per heavy atom. The van der Waals surface area contributed by atoms with Crippen LogP contribution in [0.2, 0.25) is 5.02 Å². The predicted molar refractivity (Wildman–Crippen MR) is 183 cm³/mol. The first kappa shape index (κ1) is 38.3. The van der Waals surface area contributed by atoms with Crippen molar-refractivity contribution in [2.24, 2.45) is 18.9 Å². The molecule has 0 radical (unpaired) electrons. The van der Waals surface area contributed by atoms with E-state index in [-0.39, 0.29) is 58.8 Å². The van der Waals surface area contributed by atoms with E-state index in [1.165, 1.54) is 30.1 Å². The number of amides is 5. The normalized spacial score (nSPS) is 25.4. The lowest BCUT2D eigenvalue weighted by Gasteiger charge is -2.25. The molecule has 0 spiro atoms. The molecule has 1 unspecified atom stereocenters. The van der Waals surface area contributed by atoms with E-state index in [0.717, 1.165) is 17.0 Å². The molecular weight excluding hydrogens is 761 g/mol. The summed E-state index contributed by atoms with van der Waals surface area (Å²) in [6.45, 7) is 6.06. The molecule has 4 fully saturated rings. The maximum absolute atomic E-state index is 13.8. The van der Waals surface area contributed by atoms with Gasteiger partial charge in [0.1, 0.15) is 11.6 Å². The van der Waals surface area contributed by atoms with Crippen LogP contribution in [0.15, 0.2) is 30.6 Å². The lowest BCUT2D eigenvalue weighted by atomic mass is 10.2. The van der Waals surface area contributed by atoms with Crippen LogP contribution >= 0.6 is 11.6 Å². The molecule has 6 atom stereocenters. The van der Waals surface area contributed by atoms with Gasteiger partial charge in [0, 0.05) is 62.9 Å². The van der Waals surface area contributed by atoms with Crippen molar-refractivity contribution < 1.29 is 51.0 Å². The number of hydrogen-bond donors (Lipinski definition) is 4. The molecule has 2 saturated heterocycles. The molecule has 4 N–H and O–H groups in total. The molecule has 4 heterocycles. The van der Waals surface area contributed by atoms with Gasteiger partial charge >= 0.3 is 18.3 Å². The van der Waals surface area contributed by atoms with Gasteiger partial charge in [-0.1, -0.05) is 11.6 Å². The van der Waals surface area contributed by atoms with Crippen molar-refractivity contribution in [2.75, 3.05) is 31.5 Å². The van der Waals surface area contributed by atoms with Crippen LogP contribution in [0.5, 0.6) is 0 Å². The predicted octanol–water partition coefficient (Wildman–Crippen LogP) is 4.14. The first-order valence-corrected chi connectivity index (χ1v) is 17.7. The number of β-amino-alcohol motifs (C(OH)–C–C–N with tert-alkyl or cyclic N) is 1. The second-order valence-electron chi connectivity index (χ2n) is 15.3. The monoisotopic (exact) mass is 797 g/mol. The Labute approximate surface area is 315 Å². The molecule has 4 aliphatic rings. The number of piperidine rings is 1. The van der Waals surface area contributed by atoms with Crippen molar-refractivity contribution >= 4 is 41.2 Å². The molecule has 2 aliphatic heterocycles. The Hall–Kier alpha value is -4.98. The fourth-order valence-electron chi connectivity index (χ4n) is 7.06. The van der Waals surface area contributed by atoms with Crippen molar-refractivity contribution in [1.82, 2.24) is 39.8 Å². The second kappa shape index (κ2) is 13.3. The number of nitrogens with one attached hydrogen (secondary N) is 3. The Morgan fingerprint density at radius 1 is 1.00 bits per heavy atom. The third-order valence-electron chi connectivity index (χ3n) is 10.1. The molecule has 7 rings (SSSR count). The largest absolute Gasteiger partial charge is 0.444 e. The summed E-state index contributed by atoms with van der Waals surface area (Å²) in [5.74, 6) is -4.77. The number of carbonyl (C=O) groups excluding carboxylic acids is 4. The van der Waals surface area contributed by atoms with E-state index in [0.29, 0.717) is 17.8 Å². The van der Waals surface area contributed by atoms with Crippen molar-refractivity contribution in [2.45, 2.75) is 69.1 Å². The van der Waals surface area contributed by atoms with Crippen LogP contribution in [-0.2, 0) is 18.0 Å². The zero-order chi connectivity index (χ0) is 39.9. The van der Waals surface area contributed by atoms with Crippen LogP contribution in [0.3, 0.4) is 0 Å². The molecule has 296 valence electrons. The summed E-state index contributed by atoms with van der Waals surface area (Å²) in [6, 6.07) is 1.35. The molecule has 15 nitrogen and oxygen atoms in total. The number of ether oxygens (including phenoxy) is 1. The number of alkyl halides is 5. The SMILES string of the molecule is Cn1c(-c2cn([C@@H]3CC3(F)F)nc2C(F)(F)F)cnc1C(=O)Nc1ccc(C(=O)NC2[C@H]3CN(C(=O)N[C@H]4CN(C(=O)OC(C)(C)C)C[C@@H]4O)C[C@@H]23)c(Cl)c1. The highest BCUT2D eigenvalue weighted by molar-refractivity contribution is 6.34. The summed E-state index contributed by atoms with van der Waals surface area (Å²) < 4.78 is 75.6. The summed E-state index contributed by atoms with van der Waals surface area (Å²) in [6.07, 6.45) is -5.26. The van der Waals surface area contributed by atoms with Crippen molar-refractivity contribution in [3.05, 3.63) is 52.7 Å². The van der Waals surface area contributed by atoms with E-state index >= 15 is 0 Å². The fraction of sp³-hybridized carbons (Fsp3) is 0.529. The average molecular weight is 798 g/mol. The molecule has 55 heavy (non-hydrogen) atoms. The minimum atomic E-state index is -4.96. The molecule has 21 heteroatoms. The van der Waals surface area contributed by atoms with Crippen LogP contribution in [-0.4, -0.2) is 114 Å². The molecule has 2 saturated carbocycles. The maximum Gasteiger partial charge on any atom is 0.435 e. The highest BCUT2D eigenvalue weighted by atomic mass is 35.5. The molecule has 1 aromatic carbocycles. The summed E-state index contributed by atoms with van der Waals surface area (Å²) in [4.78, 5) is 58.5. The Kier molecular flexibility index (Phi) is 9.30. The number of aliphatic hydroxyl groups excluding tert-OH is 1. The van der Waals surface area contributed by atoms with Crippen LogP contribution in [0.25, 0.3) is 11.3 Å². The van der Waals surface area contributed by atoms with E-state index in [1.807, 2.05) is 0 Å². The highest BCUT2D eigenvalue weighted by Gasteiger charge is 2.60. The summed E-state index contributed by atoms with van der Waals surface area (Å²) in [5.41, 5.74) is -2.52. The van der Waals surface area contributed by atoms with Gasteiger partial charge in [0.15, 0.2) is 11.5 Å². The number of carbonyl (C=O) groups is 4. The fourth-order valence-corrected chi connectivity index (χ4v) is 7.32. The van der Waals surface area contributed by atoms with Crippen LogP contribution in [0.4, 0.5) is 37.2 Å². The number of imidazole rings is 1.